The standard InChI is InChI=1S/C6H5N2O2S2.3C4H9.Sn/c1-12(9,10)5-6-8(4-7-5)2-3-11-6;3*1-3-4-2;/h2,4H,1H3;3*1,3-4H2,2H3;. The van der Waals surface area contributed by atoms with Gasteiger partial charge in [0.2, 0.25) is 0 Å². The third-order valence-corrected chi connectivity index (χ3v) is 25.5. The van der Waals surface area contributed by atoms with E-state index >= 15 is 0 Å². The summed E-state index contributed by atoms with van der Waals surface area (Å²) in [7, 11) is -3.27. The molecule has 0 spiro atoms. The maximum absolute atomic E-state index is 12.0. The fourth-order valence-corrected chi connectivity index (χ4v) is 24.7. The minimum absolute atomic E-state index is 0.255. The van der Waals surface area contributed by atoms with E-state index in [4.69, 9.17) is 0 Å². The van der Waals surface area contributed by atoms with E-state index in [2.05, 4.69) is 32.0 Å². The Morgan fingerprint density at radius 2 is 1.56 bits per heavy atom. The molecule has 0 amide bonds. The molecule has 0 N–H and O–H groups in total. The number of hydrogen-bond acceptors (Lipinski definition) is 4. The molecule has 2 aromatic rings. The van der Waals surface area contributed by atoms with Gasteiger partial charge in [-0.15, -0.1) is 0 Å². The first-order valence-corrected chi connectivity index (χ1v) is 19.7. The van der Waals surface area contributed by atoms with Gasteiger partial charge < -0.3 is 0 Å². The van der Waals surface area contributed by atoms with Gasteiger partial charge in [-0.25, -0.2) is 0 Å². The number of nitrogens with zero attached hydrogens (tertiary/aromatic N) is 2. The molecular formula is C18H32N2O2S2Sn. The monoisotopic (exact) mass is 492 g/mol. The van der Waals surface area contributed by atoms with Gasteiger partial charge in [-0.2, -0.15) is 0 Å². The zero-order valence-electron chi connectivity index (χ0n) is 16.0. The normalized spacial score (nSPS) is 13.0. The molecule has 4 nitrogen and oxygen atoms in total. The van der Waals surface area contributed by atoms with Crippen LogP contribution in [0.25, 0.3) is 4.83 Å². The van der Waals surface area contributed by atoms with Crippen LogP contribution in [0, 0.1) is 0 Å². The summed E-state index contributed by atoms with van der Waals surface area (Å²) < 4.78 is 31.8. The van der Waals surface area contributed by atoms with Crippen molar-refractivity contribution >= 4 is 47.3 Å². The first-order valence-electron chi connectivity index (χ1n) is 9.55. The summed E-state index contributed by atoms with van der Waals surface area (Å²) in [6.45, 7) is 6.84. The van der Waals surface area contributed by atoms with E-state index in [1.165, 1.54) is 58.1 Å². The molecule has 0 aliphatic carbocycles. The van der Waals surface area contributed by atoms with Crippen molar-refractivity contribution in [3.8, 4) is 0 Å². The van der Waals surface area contributed by atoms with Crippen molar-refractivity contribution in [1.29, 1.82) is 0 Å². The van der Waals surface area contributed by atoms with E-state index in [1.807, 2.05) is 4.40 Å². The third-order valence-electron chi connectivity index (χ3n) is 5.08. The van der Waals surface area contributed by atoms with Gasteiger partial charge in [-0.05, 0) is 0 Å². The zero-order chi connectivity index (χ0) is 18.5. The van der Waals surface area contributed by atoms with Gasteiger partial charge in [-0.1, -0.05) is 0 Å². The van der Waals surface area contributed by atoms with Crippen molar-refractivity contribution in [2.75, 3.05) is 6.26 Å². The zero-order valence-corrected chi connectivity index (χ0v) is 20.5. The first kappa shape index (κ1) is 21.2. The minimum atomic E-state index is -3.27. The Balaban J connectivity index is 2.50. The van der Waals surface area contributed by atoms with Crippen LogP contribution in [0.15, 0.2) is 17.6 Å². The van der Waals surface area contributed by atoms with Crippen LogP contribution < -0.4 is 2.89 Å². The number of aromatic nitrogens is 2. The van der Waals surface area contributed by atoms with E-state index in [0.29, 0.717) is 0 Å². The Morgan fingerprint density at radius 3 is 2.00 bits per heavy atom. The van der Waals surface area contributed by atoms with Crippen LogP contribution in [-0.4, -0.2) is 42.4 Å². The molecule has 0 saturated heterocycles. The number of imidazole rings is 1. The van der Waals surface area contributed by atoms with Gasteiger partial charge in [0.05, 0.1) is 0 Å². The molecule has 0 aliphatic rings. The van der Waals surface area contributed by atoms with Gasteiger partial charge in [0.1, 0.15) is 0 Å². The summed E-state index contributed by atoms with van der Waals surface area (Å²) >= 11 is -0.764. The average Bonchev–Trinajstić information content (AvgIpc) is 3.14. The predicted octanol–water partition coefficient (Wildman–Crippen LogP) is 4.86. The number of rotatable bonds is 11. The van der Waals surface area contributed by atoms with Gasteiger partial charge in [0.15, 0.2) is 0 Å². The Bertz CT molecular complexity index is 758. The summed E-state index contributed by atoms with van der Waals surface area (Å²) in [5, 5.41) is 0.255. The fourth-order valence-electron chi connectivity index (χ4n) is 3.57. The molecule has 0 saturated carbocycles. The van der Waals surface area contributed by atoms with Gasteiger partial charge in [0.25, 0.3) is 0 Å². The SMILES string of the molecule is CCC[CH2][Sn]([CH2]CCC)([CH2]CCC)[c]1cn2cnc(S(C)(=O)=O)c2s1. The van der Waals surface area contributed by atoms with E-state index in [0.717, 1.165) is 4.83 Å². The number of hydrogen-bond donors (Lipinski definition) is 0. The van der Waals surface area contributed by atoms with Crippen molar-refractivity contribution in [2.24, 2.45) is 0 Å². The van der Waals surface area contributed by atoms with Crippen LogP contribution in [-0.2, 0) is 9.84 Å². The van der Waals surface area contributed by atoms with Crippen molar-refractivity contribution in [3.63, 3.8) is 0 Å². The fraction of sp³-hybridized carbons (Fsp3) is 0.722. The number of sulfone groups is 1. The summed E-state index contributed by atoms with van der Waals surface area (Å²) in [5.74, 6) is 0. The molecule has 0 unspecified atom stereocenters. The second-order valence-electron chi connectivity index (χ2n) is 7.22. The van der Waals surface area contributed by atoms with Gasteiger partial charge >= 0.3 is 161 Å². The molecule has 7 heteroatoms. The summed E-state index contributed by atoms with van der Waals surface area (Å²) in [5.41, 5.74) is 0. The van der Waals surface area contributed by atoms with E-state index in [-0.39, 0.29) is 5.03 Å². The Labute approximate surface area is 160 Å². The second kappa shape index (κ2) is 9.22. The molecular weight excluding hydrogens is 459 g/mol. The average molecular weight is 491 g/mol. The quantitative estimate of drug-likeness (QED) is 0.423. The molecule has 0 radical (unpaired) electrons. The van der Waals surface area contributed by atoms with Crippen molar-refractivity contribution in [2.45, 2.75) is 77.6 Å². The Morgan fingerprint density at radius 1 is 1.04 bits per heavy atom. The van der Waals surface area contributed by atoms with E-state index < -0.39 is 28.2 Å². The molecule has 25 heavy (non-hydrogen) atoms. The maximum atomic E-state index is 12.0. The van der Waals surface area contributed by atoms with Crippen LogP contribution in [0.5, 0.6) is 0 Å². The van der Waals surface area contributed by atoms with Crippen molar-refractivity contribution in [1.82, 2.24) is 9.38 Å². The van der Waals surface area contributed by atoms with Crippen LogP contribution in [0.4, 0.5) is 0 Å². The second-order valence-corrected chi connectivity index (χ2v) is 24.3. The number of fused-ring (bicyclic) bond motifs is 1. The van der Waals surface area contributed by atoms with Crippen LogP contribution >= 0.6 is 11.3 Å². The van der Waals surface area contributed by atoms with Crippen LogP contribution in [0.1, 0.15) is 59.3 Å². The van der Waals surface area contributed by atoms with Crippen LogP contribution in [0.3, 0.4) is 0 Å². The first-order chi connectivity index (χ1) is 11.9. The summed E-state index contributed by atoms with van der Waals surface area (Å²) in [6.07, 6.45) is 12.9. The molecule has 0 bridgehead atoms. The molecule has 0 aromatic carbocycles. The number of thiazole rings is 1. The third kappa shape index (κ3) is 5.00. The van der Waals surface area contributed by atoms with Crippen molar-refractivity contribution < 1.29 is 8.42 Å². The Kier molecular flexibility index (Phi) is 7.82. The number of unbranched alkanes of at least 4 members (excludes halogenated alkanes) is 3. The molecule has 2 aromatic heterocycles. The molecule has 0 atom stereocenters. The summed E-state index contributed by atoms with van der Waals surface area (Å²) in [6, 6.07) is 0. The van der Waals surface area contributed by atoms with Crippen molar-refractivity contribution in [3.05, 3.63) is 12.5 Å². The molecule has 142 valence electrons. The predicted molar refractivity (Wildman–Crippen MR) is 111 cm³/mol. The van der Waals surface area contributed by atoms with E-state index in [9.17, 15) is 8.42 Å². The topological polar surface area (TPSA) is 51.4 Å². The Hall–Kier alpha value is -0.0813. The van der Waals surface area contributed by atoms with Gasteiger partial charge in [0, 0.05) is 0 Å². The molecule has 2 heterocycles. The van der Waals surface area contributed by atoms with E-state index in [1.54, 1.807) is 20.6 Å². The molecule has 2 rings (SSSR count). The molecule has 0 fully saturated rings. The summed E-state index contributed by atoms with van der Waals surface area (Å²) in [4.78, 5) is 4.97. The van der Waals surface area contributed by atoms with Gasteiger partial charge in [-0.3, -0.25) is 0 Å². The van der Waals surface area contributed by atoms with Crippen LogP contribution in [0.2, 0.25) is 13.3 Å². The molecule has 0 aliphatic heterocycles.